The molecule has 1 heterocycles. The first-order valence-electron chi connectivity index (χ1n) is 9.60. The van der Waals surface area contributed by atoms with Gasteiger partial charge in [0.1, 0.15) is 0 Å². The van der Waals surface area contributed by atoms with Crippen molar-refractivity contribution in [1.29, 1.82) is 0 Å². The number of carbonyl (C=O) groups is 1. The van der Waals surface area contributed by atoms with Gasteiger partial charge in [-0.3, -0.25) is 9.69 Å². The number of amides is 1. The van der Waals surface area contributed by atoms with Crippen molar-refractivity contribution in [2.75, 3.05) is 31.5 Å². The van der Waals surface area contributed by atoms with Crippen molar-refractivity contribution in [3.63, 3.8) is 0 Å². The van der Waals surface area contributed by atoms with Crippen LogP contribution in [0, 0.1) is 0 Å². The Hall–Kier alpha value is -2.33. The van der Waals surface area contributed by atoms with Gasteiger partial charge in [-0.05, 0) is 42.3 Å². The van der Waals surface area contributed by atoms with E-state index in [9.17, 15) is 4.79 Å². The number of hydrogen-bond donors (Lipinski definition) is 1. The van der Waals surface area contributed by atoms with Gasteiger partial charge in [-0.15, -0.1) is 0 Å². The topological polar surface area (TPSA) is 35.6 Å². The van der Waals surface area contributed by atoms with Gasteiger partial charge in [0.15, 0.2) is 0 Å². The molecular formula is C22H29N3O. The summed E-state index contributed by atoms with van der Waals surface area (Å²) in [6.07, 6.45) is 0.945. The predicted molar refractivity (Wildman–Crippen MR) is 107 cm³/mol. The molecule has 1 aliphatic rings. The van der Waals surface area contributed by atoms with Crippen LogP contribution in [-0.4, -0.2) is 41.9 Å². The summed E-state index contributed by atoms with van der Waals surface area (Å²) in [4.78, 5) is 17.0. The largest absolute Gasteiger partial charge is 0.376 e. The third kappa shape index (κ3) is 4.44. The molecule has 0 atom stereocenters. The minimum Gasteiger partial charge on any atom is -0.376 e. The van der Waals surface area contributed by atoms with Gasteiger partial charge in [0.25, 0.3) is 0 Å². The fourth-order valence-corrected chi connectivity index (χ4v) is 3.51. The smallest absolute Gasteiger partial charge is 0.242 e. The Bertz CT molecular complexity index is 740. The minimum atomic E-state index is 0.164. The van der Waals surface area contributed by atoms with Gasteiger partial charge in [-0.25, -0.2) is 0 Å². The standard InChI is InChI=1S/C22H29N3O/c1-3-24(4-2)16-20-11-7-8-12-21(20)23-15-22(26)25-14-13-18-9-5-6-10-19(18)17-25/h5-12,23H,3-4,13-17H2,1-2H3. The summed E-state index contributed by atoms with van der Waals surface area (Å²) in [5.41, 5.74) is 4.95. The second-order valence-corrected chi connectivity index (χ2v) is 6.81. The maximum Gasteiger partial charge on any atom is 0.242 e. The van der Waals surface area contributed by atoms with Gasteiger partial charge in [-0.2, -0.15) is 0 Å². The molecule has 3 rings (SSSR count). The molecule has 0 aromatic heterocycles. The first-order valence-corrected chi connectivity index (χ1v) is 9.60. The maximum absolute atomic E-state index is 12.7. The Labute approximate surface area is 156 Å². The van der Waals surface area contributed by atoms with Crippen LogP contribution in [0.1, 0.15) is 30.5 Å². The molecule has 0 aliphatic carbocycles. The summed E-state index contributed by atoms with van der Waals surface area (Å²) in [6, 6.07) is 16.7. The molecule has 138 valence electrons. The highest BCUT2D eigenvalue weighted by molar-refractivity contribution is 5.81. The molecule has 2 aromatic carbocycles. The molecule has 0 saturated heterocycles. The van der Waals surface area contributed by atoms with Crippen LogP contribution in [0.5, 0.6) is 0 Å². The van der Waals surface area contributed by atoms with Crippen molar-refractivity contribution >= 4 is 11.6 Å². The molecule has 4 nitrogen and oxygen atoms in total. The Balaban J connectivity index is 1.60. The SMILES string of the molecule is CCN(CC)Cc1ccccc1NCC(=O)N1CCc2ccccc2C1. The van der Waals surface area contributed by atoms with Crippen molar-refractivity contribution in [3.8, 4) is 0 Å². The Morgan fingerprint density at radius 1 is 1.04 bits per heavy atom. The maximum atomic E-state index is 12.7. The number of hydrogen-bond acceptors (Lipinski definition) is 3. The zero-order chi connectivity index (χ0) is 18.4. The minimum absolute atomic E-state index is 0.164. The van der Waals surface area contributed by atoms with E-state index in [0.29, 0.717) is 6.54 Å². The summed E-state index contributed by atoms with van der Waals surface area (Å²) in [7, 11) is 0. The Kier molecular flexibility index (Phi) is 6.29. The van der Waals surface area contributed by atoms with Crippen LogP contribution < -0.4 is 5.32 Å². The first-order chi connectivity index (χ1) is 12.7. The van der Waals surface area contributed by atoms with E-state index >= 15 is 0 Å². The fourth-order valence-electron chi connectivity index (χ4n) is 3.51. The Morgan fingerprint density at radius 2 is 1.73 bits per heavy atom. The molecule has 4 heteroatoms. The number of rotatable bonds is 7. The van der Waals surface area contributed by atoms with Gasteiger partial charge >= 0.3 is 0 Å². The summed E-state index contributed by atoms with van der Waals surface area (Å²) in [5, 5.41) is 3.37. The highest BCUT2D eigenvalue weighted by atomic mass is 16.2. The number of benzene rings is 2. The molecule has 0 fully saturated rings. The molecular weight excluding hydrogens is 322 g/mol. The third-order valence-corrected chi connectivity index (χ3v) is 5.22. The average molecular weight is 351 g/mol. The lowest BCUT2D eigenvalue weighted by atomic mass is 10.00. The van der Waals surface area contributed by atoms with Crippen LogP contribution in [0.15, 0.2) is 48.5 Å². The zero-order valence-electron chi connectivity index (χ0n) is 15.9. The van der Waals surface area contributed by atoms with Crippen molar-refractivity contribution in [3.05, 3.63) is 65.2 Å². The van der Waals surface area contributed by atoms with Crippen molar-refractivity contribution in [1.82, 2.24) is 9.80 Å². The number of fused-ring (bicyclic) bond motifs is 1. The van der Waals surface area contributed by atoms with Crippen LogP contribution in [0.3, 0.4) is 0 Å². The van der Waals surface area contributed by atoms with Crippen molar-refractivity contribution in [2.45, 2.75) is 33.4 Å². The predicted octanol–water partition coefficient (Wildman–Crippen LogP) is 3.53. The third-order valence-electron chi connectivity index (χ3n) is 5.22. The summed E-state index contributed by atoms with van der Waals surface area (Å²) < 4.78 is 0. The summed E-state index contributed by atoms with van der Waals surface area (Å²) in [5.74, 6) is 0.164. The molecule has 1 aliphatic heterocycles. The Morgan fingerprint density at radius 3 is 2.50 bits per heavy atom. The normalized spacial score (nSPS) is 13.6. The number of para-hydroxylation sites is 1. The van der Waals surface area contributed by atoms with Crippen LogP contribution >= 0.6 is 0 Å². The summed E-state index contributed by atoms with van der Waals surface area (Å²) in [6.45, 7) is 9.18. The van der Waals surface area contributed by atoms with Crippen LogP contribution in [-0.2, 0) is 24.3 Å². The van der Waals surface area contributed by atoms with E-state index in [1.54, 1.807) is 0 Å². The molecule has 26 heavy (non-hydrogen) atoms. The van der Waals surface area contributed by atoms with Gasteiger partial charge in [-0.1, -0.05) is 56.3 Å². The van der Waals surface area contributed by atoms with E-state index in [0.717, 1.165) is 44.8 Å². The molecule has 0 radical (unpaired) electrons. The van der Waals surface area contributed by atoms with Gasteiger partial charge in [0, 0.05) is 25.3 Å². The quantitative estimate of drug-likeness (QED) is 0.829. The highest BCUT2D eigenvalue weighted by Gasteiger charge is 2.20. The van der Waals surface area contributed by atoms with E-state index in [1.165, 1.54) is 16.7 Å². The van der Waals surface area contributed by atoms with Crippen LogP contribution in [0.4, 0.5) is 5.69 Å². The number of nitrogens with one attached hydrogen (secondary N) is 1. The average Bonchev–Trinajstić information content (AvgIpc) is 2.70. The van der Waals surface area contributed by atoms with E-state index in [4.69, 9.17) is 0 Å². The molecule has 2 aromatic rings. The highest BCUT2D eigenvalue weighted by Crippen LogP contribution is 2.20. The fraction of sp³-hybridized carbons (Fsp3) is 0.409. The molecule has 0 saturated carbocycles. The second-order valence-electron chi connectivity index (χ2n) is 6.81. The zero-order valence-corrected chi connectivity index (χ0v) is 15.9. The van der Waals surface area contributed by atoms with E-state index < -0.39 is 0 Å². The van der Waals surface area contributed by atoms with Crippen molar-refractivity contribution < 1.29 is 4.79 Å². The first kappa shape index (κ1) is 18.5. The molecule has 0 bridgehead atoms. The lowest BCUT2D eigenvalue weighted by Gasteiger charge is -2.29. The van der Waals surface area contributed by atoms with Gasteiger partial charge in [0.2, 0.25) is 5.91 Å². The molecule has 0 spiro atoms. The van der Waals surface area contributed by atoms with E-state index in [2.05, 4.69) is 66.5 Å². The second kappa shape index (κ2) is 8.86. The van der Waals surface area contributed by atoms with E-state index in [1.807, 2.05) is 11.0 Å². The van der Waals surface area contributed by atoms with Crippen molar-refractivity contribution in [2.24, 2.45) is 0 Å². The monoisotopic (exact) mass is 351 g/mol. The van der Waals surface area contributed by atoms with Crippen LogP contribution in [0.2, 0.25) is 0 Å². The van der Waals surface area contributed by atoms with Crippen LogP contribution in [0.25, 0.3) is 0 Å². The number of nitrogens with zero attached hydrogens (tertiary/aromatic N) is 2. The van der Waals surface area contributed by atoms with Gasteiger partial charge < -0.3 is 10.2 Å². The molecule has 1 amide bonds. The lowest BCUT2D eigenvalue weighted by molar-refractivity contribution is -0.130. The summed E-state index contributed by atoms with van der Waals surface area (Å²) >= 11 is 0. The molecule has 0 unspecified atom stereocenters. The lowest BCUT2D eigenvalue weighted by Crippen LogP contribution is -2.39. The van der Waals surface area contributed by atoms with Gasteiger partial charge in [0.05, 0.1) is 6.54 Å². The number of anilines is 1. The van der Waals surface area contributed by atoms with E-state index in [-0.39, 0.29) is 5.91 Å². The molecule has 1 N–H and O–H groups in total. The number of carbonyl (C=O) groups excluding carboxylic acids is 1.